The van der Waals surface area contributed by atoms with Crippen LogP contribution in [0.3, 0.4) is 0 Å². The minimum atomic E-state index is 0.101. The van der Waals surface area contributed by atoms with Gasteiger partial charge in [-0.05, 0) is 40.2 Å². The highest BCUT2D eigenvalue weighted by molar-refractivity contribution is 5.87. The number of aryl methyl sites for hydroxylation is 2. The Hall–Kier alpha value is -2.67. The van der Waals surface area contributed by atoms with E-state index in [1.807, 2.05) is 6.92 Å². The van der Waals surface area contributed by atoms with Crippen molar-refractivity contribution >= 4 is 16.9 Å². The van der Waals surface area contributed by atoms with Gasteiger partial charge in [-0.3, -0.25) is 4.98 Å². The number of oxazole rings is 1. The van der Waals surface area contributed by atoms with Gasteiger partial charge in [0.2, 0.25) is 0 Å². The predicted molar refractivity (Wildman–Crippen MR) is 110 cm³/mol. The molecule has 2 N–H and O–H groups in total. The van der Waals surface area contributed by atoms with Crippen molar-refractivity contribution in [2.45, 2.75) is 52.6 Å². The second-order valence-corrected chi connectivity index (χ2v) is 8.56. The number of hydrogen-bond donors (Lipinski definition) is 2. The van der Waals surface area contributed by atoms with E-state index in [-0.39, 0.29) is 11.3 Å². The number of aromatic nitrogens is 3. The van der Waals surface area contributed by atoms with Crippen molar-refractivity contribution < 1.29 is 9.52 Å². The summed E-state index contributed by atoms with van der Waals surface area (Å²) in [5.41, 5.74) is 3.33. The summed E-state index contributed by atoms with van der Waals surface area (Å²) in [5.74, 6) is 1.59. The Balaban J connectivity index is 1.57. The van der Waals surface area contributed by atoms with Gasteiger partial charge < -0.3 is 19.7 Å². The molecule has 7 heteroatoms. The molecule has 28 heavy (non-hydrogen) atoms. The van der Waals surface area contributed by atoms with E-state index in [0.717, 1.165) is 25.3 Å². The number of rotatable bonds is 3. The Kier molecular flexibility index (Phi) is 4.50. The molecular weight excluding hydrogens is 354 g/mol. The van der Waals surface area contributed by atoms with Crippen molar-refractivity contribution in [2.24, 2.45) is 0 Å². The van der Waals surface area contributed by atoms with Crippen molar-refractivity contribution in [3.63, 3.8) is 0 Å². The third-order valence-corrected chi connectivity index (χ3v) is 5.06. The fraction of sp³-hybridized carbons (Fsp3) is 0.476. The van der Waals surface area contributed by atoms with E-state index >= 15 is 0 Å². The molecule has 0 unspecified atom stereocenters. The average molecular weight is 381 g/mol. The van der Waals surface area contributed by atoms with Crippen LogP contribution in [0.5, 0.6) is 5.75 Å². The van der Waals surface area contributed by atoms with E-state index in [1.165, 1.54) is 0 Å². The standard InChI is InChI=1S/C21H27N5O2/c1-12-19-17(28-13(2)24-19)8-15(20(12)27)16-9-23-18(10-22-16)26-7-6-14(11-26)25-21(3,4)5/h8-10,14,25,27H,6-7,11H2,1-5H3/t14-/m1/s1. The number of aromatic hydroxyl groups is 1. The highest BCUT2D eigenvalue weighted by Crippen LogP contribution is 2.36. The number of nitrogens with one attached hydrogen (secondary N) is 1. The summed E-state index contributed by atoms with van der Waals surface area (Å²) < 4.78 is 5.64. The smallest absolute Gasteiger partial charge is 0.192 e. The van der Waals surface area contributed by atoms with E-state index in [4.69, 9.17) is 4.42 Å². The monoisotopic (exact) mass is 381 g/mol. The van der Waals surface area contributed by atoms with Gasteiger partial charge in [-0.15, -0.1) is 0 Å². The molecule has 1 aromatic carbocycles. The highest BCUT2D eigenvalue weighted by Gasteiger charge is 2.27. The molecule has 0 amide bonds. The van der Waals surface area contributed by atoms with E-state index in [1.54, 1.807) is 25.4 Å². The second-order valence-electron chi connectivity index (χ2n) is 8.56. The van der Waals surface area contributed by atoms with Crippen molar-refractivity contribution in [2.75, 3.05) is 18.0 Å². The molecule has 0 aliphatic carbocycles. The van der Waals surface area contributed by atoms with Gasteiger partial charge in [0.25, 0.3) is 0 Å². The molecule has 0 radical (unpaired) electrons. The SMILES string of the molecule is Cc1nc2c(C)c(O)c(-c3cnc(N4CC[C@@H](NC(C)(C)C)C4)cn3)cc2o1. The van der Waals surface area contributed by atoms with Crippen LogP contribution in [-0.4, -0.2) is 44.7 Å². The summed E-state index contributed by atoms with van der Waals surface area (Å²) in [4.78, 5) is 15.7. The van der Waals surface area contributed by atoms with Gasteiger partial charge >= 0.3 is 0 Å². The van der Waals surface area contributed by atoms with Gasteiger partial charge in [-0.2, -0.15) is 0 Å². The van der Waals surface area contributed by atoms with E-state index < -0.39 is 0 Å². The van der Waals surface area contributed by atoms with E-state index in [0.29, 0.717) is 39.9 Å². The molecule has 0 spiro atoms. The van der Waals surface area contributed by atoms with Gasteiger partial charge in [-0.1, -0.05) is 0 Å². The zero-order valence-electron chi connectivity index (χ0n) is 17.1. The number of benzene rings is 1. The lowest BCUT2D eigenvalue weighted by molar-refractivity contribution is 0.373. The number of phenolic OH excluding ortho intramolecular Hbond substituents is 1. The second kappa shape index (κ2) is 6.74. The van der Waals surface area contributed by atoms with Gasteiger partial charge in [0, 0.05) is 42.7 Å². The maximum absolute atomic E-state index is 10.6. The third kappa shape index (κ3) is 3.54. The molecule has 1 atom stereocenters. The number of phenols is 1. The van der Waals surface area contributed by atoms with Crippen LogP contribution in [0.1, 0.15) is 38.6 Å². The fourth-order valence-corrected chi connectivity index (χ4v) is 3.84. The Morgan fingerprint density at radius 2 is 2.00 bits per heavy atom. The Morgan fingerprint density at radius 3 is 2.68 bits per heavy atom. The van der Waals surface area contributed by atoms with Crippen molar-refractivity contribution in [1.82, 2.24) is 20.3 Å². The fourth-order valence-electron chi connectivity index (χ4n) is 3.84. The summed E-state index contributed by atoms with van der Waals surface area (Å²) in [5, 5.41) is 14.3. The predicted octanol–water partition coefficient (Wildman–Crippen LogP) is 3.57. The Bertz CT molecular complexity index is 1000. The van der Waals surface area contributed by atoms with Crippen LogP contribution in [-0.2, 0) is 0 Å². The lowest BCUT2D eigenvalue weighted by Gasteiger charge is -2.26. The number of anilines is 1. The maximum Gasteiger partial charge on any atom is 0.192 e. The molecule has 1 aliphatic rings. The molecular formula is C21H27N5O2. The van der Waals surface area contributed by atoms with Gasteiger partial charge in [0.15, 0.2) is 11.5 Å². The van der Waals surface area contributed by atoms with Crippen LogP contribution >= 0.6 is 0 Å². The van der Waals surface area contributed by atoms with Crippen molar-refractivity contribution in [3.8, 4) is 17.0 Å². The van der Waals surface area contributed by atoms with Crippen molar-refractivity contribution in [3.05, 3.63) is 29.9 Å². The lowest BCUT2D eigenvalue weighted by Crippen LogP contribution is -2.44. The lowest BCUT2D eigenvalue weighted by atomic mass is 10.1. The first-order valence-corrected chi connectivity index (χ1v) is 9.66. The molecule has 148 valence electrons. The van der Waals surface area contributed by atoms with E-state index in [2.05, 4.69) is 45.9 Å². The minimum Gasteiger partial charge on any atom is -0.507 e. The molecule has 3 aromatic rings. The van der Waals surface area contributed by atoms with Gasteiger partial charge in [-0.25, -0.2) is 9.97 Å². The molecule has 7 nitrogen and oxygen atoms in total. The molecule has 2 aromatic heterocycles. The first-order chi connectivity index (χ1) is 13.2. The summed E-state index contributed by atoms with van der Waals surface area (Å²) >= 11 is 0. The number of nitrogens with zero attached hydrogens (tertiary/aromatic N) is 4. The van der Waals surface area contributed by atoms with Crippen LogP contribution < -0.4 is 10.2 Å². The average Bonchev–Trinajstić information content (AvgIpc) is 3.23. The summed E-state index contributed by atoms with van der Waals surface area (Å²) in [6.07, 6.45) is 4.57. The molecule has 3 heterocycles. The van der Waals surface area contributed by atoms with Crippen molar-refractivity contribution in [1.29, 1.82) is 0 Å². The maximum atomic E-state index is 10.6. The molecule has 0 bridgehead atoms. The van der Waals surface area contributed by atoms with Crippen LogP contribution in [0.25, 0.3) is 22.4 Å². The first kappa shape index (κ1) is 18.7. The zero-order valence-corrected chi connectivity index (χ0v) is 17.1. The largest absolute Gasteiger partial charge is 0.507 e. The van der Waals surface area contributed by atoms with Crippen LogP contribution in [0, 0.1) is 13.8 Å². The molecule has 1 fully saturated rings. The highest BCUT2D eigenvalue weighted by atomic mass is 16.3. The first-order valence-electron chi connectivity index (χ1n) is 9.66. The topological polar surface area (TPSA) is 87.3 Å². The quantitative estimate of drug-likeness (QED) is 0.717. The molecule has 1 saturated heterocycles. The molecule has 1 aliphatic heterocycles. The summed E-state index contributed by atoms with van der Waals surface area (Å²) in [7, 11) is 0. The normalized spacial score (nSPS) is 17.6. The number of hydrogen-bond acceptors (Lipinski definition) is 7. The minimum absolute atomic E-state index is 0.101. The van der Waals surface area contributed by atoms with Crippen LogP contribution in [0.4, 0.5) is 5.82 Å². The summed E-state index contributed by atoms with van der Waals surface area (Å²) in [6.45, 7) is 12.1. The van der Waals surface area contributed by atoms with E-state index in [9.17, 15) is 5.11 Å². The van der Waals surface area contributed by atoms with Gasteiger partial charge in [0.1, 0.15) is 17.1 Å². The summed E-state index contributed by atoms with van der Waals surface area (Å²) in [6, 6.07) is 2.23. The molecule has 0 saturated carbocycles. The van der Waals surface area contributed by atoms with Crippen LogP contribution in [0.15, 0.2) is 22.9 Å². The Morgan fingerprint density at radius 1 is 1.21 bits per heavy atom. The molecule has 4 rings (SSSR count). The number of fused-ring (bicyclic) bond motifs is 1. The Labute approximate surface area is 164 Å². The van der Waals surface area contributed by atoms with Gasteiger partial charge in [0.05, 0.1) is 18.1 Å². The third-order valence-electron chi connectivity index (χ3n) is 5.06. The van der Waals surface area contributed by atoms with Crippen LogP contribution in [0.2, 0.25) is 0 Å². The zero-order chi connectivity index (χ0) is 20.1.